The zero-order valence-electron chi connectivity index (χ0n) is 12.1. The van der Waals surface area contributed by atoms with Crippen molar-refractivity contribution in [1.29, 1.82) is 0 Å². The second-order valence-corrected chi connectivity index (χ2v) is 4.99. The van der Waals surface area contributed by atoms with E-state index in [0.717, 1.165) is 12.8 Å². The maximum Gasteiger partial charge on any atom is 0.328 e. The van der Waals surface area contributed by atoms with Crippen LogP contribution in [0.15, 0.2) is 0 Å². The lowest BCUT2D eigenvalue weighted by atomic mass is 10.0. The molecule has 0 aromatic heterocycles. The van der Waals surface area contributed by atoms with Crippen molar-refractivity contribution in [3.63, 3.8) is 0 Å². The highest BCUT2D eigenvalue weighted by molar-refractivity contribution is 5.78. The minimum atomic E-state index is -0.613. The topological polar surface area (TPSA) is 64.6 Å². The van der Waals surface area contributed by atoms with Gasteiger partial charge in [-0.1, -0.05) is 5.92 Å². The third kappa shape index (κ3) is 5.62. The van der Waals surface area contributed by atoms with Crippen LogP contribution in [-0.2, 0) is 19.1 Å². The van der Waals surface area contributed by atoms with Gasteiger partial charge in [0, 0.05) is 0 Å². The van der Waals surface area contributed by atoms with Gasteiger partial charge in [-0.25, -0.2) is 4.79 Å². The summed E-state index contributed by atoms with van der Waals surface area (Å²) in [6.45, 7) is 3.87. The van der Waals surface area contributed by atoms with Gasteiger partial charge in [0.25, 0.3) is 0 Å². The summed E-state index contributed by atoms with van der Waals surface area (Å²) in [6.07, 6.45) is 9.10. The molecule has 3 unspecified atom stereocenters. The number of hydrogen-bond donors (Lipinski definition) is 1. The fraction of sp³-hybridized carbons (Fsp3) is 0.733. The van der Waals surface area contributed by atoms with Gasteiger partial charge in [-0.3, -0.25) is 4.79 Å². The zero-order chi connectivity index (χ0) is 15.0. The van der Waals surface area contributed by atoms with Gasteiger partial charge in [0.1, 0.15) is 12.1 Å². The van der Waals surface area contributed by atoms with Gasteiger partial charge in [-0.2, -0.15) is 0 Å². The molecule has 0 spiro atoms. The molecule has 5 nitrogen and oxygen atoms in total. The molecule has 0 radical (unpaired) electrons. The van der Waals surface area contributed by atoms with Gasteiger partial charge in [-0.15, -0.1) is 6.42 Å². The molecule has 0 aliphatic heterocycles. The Bertz CT molecular complexity index is 359. The lowest BCUT2D eigenvalue weighted by molar-refractivity contribution is -0.147. The Labute approximate surface area is 120 Å². The summed E-state index contributed by atoms with van der Waals surface area (Å²) < 4.78 is 10.7. The van der Waals surface area contributed by atoms with Crippen LogP contribution in [0.5, 0.6) is 0 Å². The second-order valence-electron chi connectivity index (χ2n) is 4.99. The first-order valence-electron chi connectivity index (χ1n) is 7.10. The minimum absolute atomic E-state index is 0.0476. The summed E-state index contributed by atoms with van der Waals surface area (Å²) in [6, 6.07) is -0.613. The molecular formula is C15H23NO4. The molecule has 0 aromatic rings. The number of carbonyl (C=O) groups excluding carboxylic acids is 2. The van der Waals surface area contributed by atoms with E-state index in [9.17, 15) is 9.59 Å². The predicted molar refractivity (Wildman–Crippen MR) is 74.7 cm³/mol. The Kier molecular flexibility index (Phi) is 7.10. The molecule has 3 atom stereocenters. The van der Waals surface area contributed by atoms with Gasteiger partial charge in [-0.05, 0) is 45.4 Å². The number of amides is 1. The van der Waals surface area contributed by atoms with Crippen LogP contribution in [0.4, 0.5) is 0 Å². The number of hydrogen-bond acceptors (Lipinski definition) is 4. The average Bonchev–Trinajstić information content (AvgIpc) is 3.26. The molecule has 1 aliphatic rings. The first kappa shape index (κ1) is 16.5. The molecule has 1 saturated carbocycles. The number of carbonyl (C=O) groups is 2. The number of nitrogens with one attached hydrogen (secondary N) is 1. The van der Waals surface area contributed by atoms with Crippen molar-refractivity contribution in [2.75, 3.05) is 6.61 Å². The summed E-state index contributed by atoms with van der Waals surface area (Å²) >= 11 is 0. The van der Waals surface area contributed by atoms with Crippen LogP contribution >= 0.6 is 0 Å². The Morgan fingerprint density at radius 3 is 2.70 bits per heavy atom. The van der Waals surface area contributed by atoms with E-state index in [1.807, 2.05) is 6.92 Å². The Balaban J connectivity index is 2.48. The van der Waals surface area contributed by atoms with Crippen LogP contribution < -0.4 is 5.32 Å². The summed E-state index contributed by atoms with van der Waals surface area (Å²) in [4.78, 5) is 22.3. The van der Waals surface area contributed by atoms with E-state index < -0.39 is 12.0 Å². The first-order valence-corrected chi connectivity index (χ1v) is 7.10. The molecule has 1 amide bonds. The molecule has 1 aliphatic carbocycles. The van der Waals surface area contributed by atoms with E-state index in [2.05, 4.69) is 11.2 Å². The van der Waals surface area contributed by atoms with Gasteiger partial charge in [0.15, 0.2) is 0 Å². The van der Waals surface area contributed by atoms with Crippen LogP contribution in [0.25, 0.3) is 0 Å². The Morgan fingerprint density at radius 1 is 1.50 bits per heavy atom. The van der Waals surface area contributed by atoms with Crippen molar-refractivity contribution in [2.24, 2.45) is 5.92 Å². The van der Waals surface area contributed by atoms with Crippen LogP contribution in [0.3, 0.4) is 0 Å². The second kappa shape index (κ2) is 8.60. The number of ether oxygens (including phenoxy) is 2. The minimum Gasteiger partial charge on any atom is -0.464 e. The summed E-state index contributed by atoms with van der Waals surface area (Å²) in [5, 5.41) is 2.50. The van der Waals surface area contributed by atoms with E-state index in [4.69, 9.17) is 15.9 Å². The standard InChI is InChI=1S/C15H23NO4/c1-4-11(3)20-14(12-6-7-12)9-8-13(16-10-17)15(18)19-5-2/h1,10-14H,5-9H2,2-3H3,(H,16,17). The zero-order valence-corrected chi connectivity index (χ0v) is 12.1. The van der Waals surface area contributed by atoms with Crippen molar-refractivity contribution < 1.29 is 19.1 Å². The third-order valence-corrected chi connectivity index (χ3v) is 3.34. The molecule has 112 valence electrons. The molecule has 0 heterocycles. The fourth-order valence-electron chi connectivity index (χ4n) is 2.11. The Morgan fingerprint density at radius 2 is 2.20 bits per heavy atom. The van der Waals surface area contributed by atoms with Crippen LogP contribution in [0.2, 0.25) is 0 Å². The molecule has 1 fully saturated rings. The maximum atomic E-state index is 11.7. The van der Waals surface area contributed by atoms with Crippen molar-refractivity contribution in [3.8, 4) is 12.3 Å². The largest absolute Gasteiger partial charge is 0.464 e. The Hall–Kier alpha value is -1.54. The van der Waals surface area contributed by atoms with E-state index >= 15 is 0 Å². The number of esters is 1. The molecule has 0 bridgehead atoms. The lowest BCUT2D eigenvalue weighted by Crippen LogP contribution is -2.38. The summed E-state index contributed by atoms with van der Waals surface area (Å²) in [7, 11) is 0. The van der Waals surface area contributed by atoms with Crippen molar-refractivity contribution in [3.05, 3.63) is 0 Å². The molecule has 0 aromatic carbocycles. The SMILES string of the molecule is C#CC(C)OC(CCC(NC=O)C(=O)OCC)C1CC1. The molecule has 1 rings (SSSR count). The highest BCUT2D eigenvalue weighted by Crippen LogP contribution is 2.37. The highest BCUT2D eigenvalue weighted by Gasteiger charge is 2.33. The molecule has 1 N–H and O–H groups in total. The van der Waals surface area contributed by atoms with E-state index in [-0.39, 0.29) is 12.2 Å². The molecule has 5 heteroatoms. The number of terminal acetylenes is 1. The molecular weight excluding hydrogens is 258 g/mol. The van der Waals surface area contributed by atoms with Crippen LogP contribution in [-0.4, -0.2) is 37.2 Å². The van der Waals surface area contributed by atoms with Crippen molar-refractivity contribution in [2.45, 2.75) is 57.8 Å². The van der Waals surface area contributed by atoms with Gasteiger partial charge >= 0.3 is 5.97 Å². The molecule has 20 heavy (non-hydrogen) atoms. The van der Waals surface area contributed by atoms with E-state index in [1.54, 1.807) is 6.92 Å². The van der Waals surface area contributed by atoms with Crippen LogP contribution in [0, 0.1) is 18.3 Å². The monoisotopic (exact) mass is 281 g/mol. The third-order valence-electron chi connectivity index (χ3n) is 3.34. The van der Waals surface area contributed by atoms with E-state index in [1.165, 1.54) is 0 Å². The normalized spacial score (nSPS) is 18.4. The van der Waals surface area contributed by atoms with E-state index in [0.29, 0.717) is 31.8 Å². The van der Waals surface area contributed by atoms with Gasteiger partial charge < -0.3 is 14.8 Å². The first-order chi connectivity index (χ1) is 9.62. The van der Waals surface area contributed by atoms with Crippen LogP contribution in [0.1, 0.15) is 39.5 Å². The quantitative estimate of drug-likeness (QED) is 0.372. The number of rotatable bonds is 10. The summed E-state index contributed by atoms with van der Waals surface area (Å²) in [5.74, 6) is 2.66. The predicted octanol–water partition coefficient (Wildman–Crippen LogP) is 1.26. The molecule has 0 saturated heterocycles. The van der Waals surface area contributed by atoms with Crippen molar-refractivity contribution in [1.82, 2.24) is 5.32 Å². The smallest absolute Gasteiger partial charge is 0.328 e. The van der Waals surface area contributed by atoms with Gasteiger partial charge in [0.05, 0.1) is 12.7 Å². The highest BCUT2D eigenvalue weighted by atomic mass is 16.5. The summed E-state index contributed by atoms with van der Waals surface area (Å²) in [5.41, 5.74) is 0. The lowest BCUT2D eigenvalue weighted by Gasteiger charge is -2.22. The fourth-order valence-corrected chi connectivity index (χ4v) is 2.11. The maximum absolute atomic E-state index is 11.7. The van der Waals surface area contributed by atoms with Crippen molar-refractivity contribution >= 4 is 12.4 Å². The van der Waals surface area contributed by atoms with Gasteiger partial charge in [0.2, 0.25) is 6.41 Å². The average molecular weight is 281 g/mol.